The van der Waals surface area contributed by atoms with E-state index in [0.717, 1.165) is 25.3 Å². The molecule has 0 aliphatic carbocycles. The third kappa shape index (κ3) is 6.17. The van der Waals surface area contributed by atoms with Crippen LogP contribution in [-0.4, -0.2) is 37.9 Å². The fourth-order valence-corrected chi connectivity index (χ4v) is 2.53. The highest BCUT2D eigenvalue weighted by atomic mass is 16.5. The Balaban J connectivity index is 1.71. The number of carbonyl (C=O) groups excluding carboxylic acids is 1. The first kappa shape index (κ1) is 18.2. The number of hydrogen-bond donors (Lipinski definition) is 0. The predicted molar refractivity (Wildman–Crippen MR) is 98.8 cm³/mol. The van der Waals surface area contributed by atoms with Crippen molar-refractivity contribution < 1.29 is 9.53 Å². The lowest BCUT2D eigenvalue weighted by Gasteiger charge is -2.09. The van der Waals surface area contributed by atoms with E-state index in [0.29, 0.717) is 11.1 Å². The number of ketones is 1. The van der Waals surface area contributed by atoms with Crippen molar-refractivity contribution >= 4 is 5.78 Å². The summed E-state index contributed by atoms with van der Waals surface area (Å²) in [7, 11) is 4.21. The Morgan fingerprint density at radius 1 is 0.833 bits per heavy atom. The summed E-state index contributed by atoms with van der Waals surface area (Å²) >= 11 is 0. The zero-order chi connectivity index (χ0) is 17.2. The van der Waals surface area contributed by atoms with Crippen molar-refractivity contribution in [2.45, 2.75) is 25.7 Å². The lowest BCUT2D eigenvalue weighted by atomic mass is 10.0. The minimum atomic E-state index is 0.0445. The summed E-state index contributed by atoms with van der Waals surface area (Å²) in [4.78, 5) is 14.5. The molecule has 0 bridgehead atoms. The third-order valence-electron chi connectivity index (χ3n) is 3.92. The standard InChI is InChI=1S/C21H27NO2/c1-22(2)16-8-3-4-9-17-24-20-14-12-19(13-15-20)21(23)18-10-6-5-7-11-18/h5-7,10-15H,3-4,8-9,16-17H2,1-2H3. The summed E-state index contributed by atoms with van der Waals surface area (Å²) in [5, 5.41) is 0. The van der Waals surface area contributed by atoms with Gasteiger partial charge in [-0.1, -0.05) is 43.2 Å². The van der Waals surface area contributed by atoms with Crippen LogP contribution in [0.1, 0.15) is 41.6 Å². The maximum Gasteiger partial charge on any atom is 0.193 e. The molecule has 3 nitrogen and oxygen atoms in total. The van der Waals surface area contributed by atoms with Gasteiger partial charge in [-0.15, -0.1) is 0 Å². The number of benzene rings is 2. The molecule has 128 valence electrons. The Bertz CT molecular complexity index is 605. The van der Waals surface area contributed by atoms with Gasteiger partial charge in [-0.2, -0.15) is 0 Å². The van der Waals surface area contributed by atoms with Gasteiger partial charge in [-0.05, 0) is 57.7 Å². The molecule has 2 rings (SSSR count). The first-order valence-electron chi connectivity index (χ1n) is 8.64. The normalized spacial score (nSPS) is 10.8. The van der Waals surface area contributed by atoms with Crippen LogP contribution < -0.4 is 4.74 Å². The van der Waals surface area contributed by atoms with E-state index in [-0.39, 0.29) is 5.78 Å². The first-order chi connectivity index (χ1) is 11.7. The summed E-state index contributed by atoms with van der Waals surface area (Å²) in [6, 6.07) is 16.8. The van der Waals surface area contributed by atoms with Gasteiger partial charge in [0.05, 0.1) is 6.61 Å². The van der Waals surface area contributed by atoms with Crippen molar-refractivity contribution in [2.24, 2.45) is 0 Å². The quantitative estimate of drug-likeness (QED) is 0.478. The molecule has 0 aliphatic rings. The van der Waals surface area contributed by atoms with E-state index in [9.17, 15) is 4.79 Å². The Labute approximate surface area is 145 Å². The zero-order valence-electron chi connectivity index (χ0n) is 14.7. The molecule has 0 saturated heterocycles. The van der Waals surface area contributed by atoms with Crippen LogP contribution in [0, 0.1) is 0 Å². The van der Waals surface area contributed by atoms with Crippen LogP contribution in [0.2, 0.25) is 0 Å². The molecule has 0 saturated carbocycles. The van der Waals surface area contributed by atoms with Gasteiger partial charge >= 0.3 is 0 Å². The van der Waals surface area contributed by atoms with Gasteiger partial charge < -0.3 is 9.64 Å². The fraction of sp³-hybridized carbons (Fsp3) is 0.381. The molecule has 2 aromatic rings. The fourth-order valence-electron chi connectivity index (χ4n) is 2.53. The van der Waals surface area contributed by atoms with Crippen molar-refractivity contribution in [3.63, 3.8) is 0 Å². The molecule has 0 N–H and O–H groups in total. The van der Waals surface area contributed by atoms with Crippen LogP contribution in [0.4, 0.5) is 0 Å². The number of ether oxygens (including phenoxy) is 1. The molecule has 0 amide bonds. The zero-order valence-corrected chi connectivity index (χ0v) is 14.7. The summed E-state index contributed by atoms with van der Waals surface area (Å²) in [5.41, 5.74) is 1.40. The largest absolute Gasteiger partial charge is 0.494 e. The summed E-state index contributed by atoms with van der Waals surface area (Å²) in [6.07, 6.45) is 4.74. The number of hydrogen-bond acceptors (Lipinski definition) is 3. The monoisotopic (exact) mass is 325 g/mol. The first-order valence-corrected chi connectivity index (χ1v) is 8.64. The molecule has 0 radical (unpaired) electrons. The molecule has 0 atom stereocenters. The van der Waals surface area contributed by atoms with Gasteiger partial charge in [0, 0.05) is 11.1 Å². The highest BCUT2D eigenvalue weighted by Crippen LogP contribution is 2.16. The highest BCUT2D eigenvalue weighted by molar-refractivity contribution is 6.08. The summed E-state index contributed by atoms with van der Waals surface area (Å²) in [5.74, 6) is 0.871. The second-order valence-corrected chi connectivity index (χ2v) is 6.29. The van der Waals surface area contributed by atoms with Crippen molar-refractivity contribution in [2.75, 3.05) is 27.2 Å². The molecule has 2 aromatic carbocycles. The molecule has 0 fully saturated rings. The Morgan fingerprint density at radius 2 is 1.46 bits per heavy atom. The highest BCUT2D eigenvalue weighted by Gasteiger charge is 2.08. The third-order valence-corrected chi connectivity index (χ3v) is 3.92. The minimum absolute atomic E-state index is 0.0445. The minimum Gasteiger partial charge on any atom is -0.494 e. The van der Waals surface area contributed by atoms with Crippen molar-refractivity contribution in [1.82, 2.24) is 4.90 Å². The van der Waals surface area contributed by atoms with Gasteiger partial charge in [0.1, 0.15) is 5.75 Å². The average molecular weight is 325 g/mol. The maximum atomic E-state index is 12.3. The number of carbonyl (C=O) groups is 1. The Hall–Kier alpha value is -2.13. The number of rotatable bonds is 10. The van der Waals surface area contributed by atoms with E-state index in [1.54, 1.807) is 0 Å². The van der Waals surface area contributed by atoms with E-state index in [1.807, 2.05) is 54.6 Å². The second kappa shape index (κ2) is 9.89. The van der Waals surface area contributed by atoms with Gasteiger partial charge in [0.15, 0.2) is 5.78 Å². The molecule has 0 heterocycles. The van der Waals surface area contributed by atoms with E-state index in [1.165, 1.54) is 19.3 Å². The van der Waals surface area contributed by atoms with Gasteiger partial charge in [0.25, 0.3) is 0 Å². The molecule has 0 aliphatic heterocycles. The van der Waals surface area contributed by atoms with Crippen LogP contribution in [-0.2, 0) is 0 Å². The summed E-state index contributed by atoms with van der Waals surface area (Å²) in [6.45, 7) is 1.88. The van der Waals surface area contributed by atoms with Crippen LogP contribution in [0.5, 0.6) is 5.75 Å². The number of nitrogens with zero attached hydrogens (tertiary/aromatic N) is 1. The van der Waals surface area contributed by atoms with Crippen LogP contribution in [0.3, 0.4) is 0 Å². The topological polar surface area (TPSA) is 29.5 Å². The van der Waals surface area contributed by atoms with Crippen molar-refractivity contribution in [3.05, 3.63) is 65.7 Å². The van der Waals surface area contributed by atoms with Gasteiger partial charge in [-0.3, -0.25) is 4.79 Å². The van der Waals surface area contributed by atoms with Crippen LogP contribution in [0.25, 0.3) is 0 Å². The molecule has 0 unspecified atom stereocenters. The smallest absolute Gasteiger partial charge is 0.193 e. The van der Waals surface area contributed by atoms with Gasteiger partial charge in [-0.25, -0.2) is 0 Å². The SMILES string of the molecule is CN(C)CCCCCCOc1ccc(C(=O)c2ccccc2)cc1. The van der Waals surface area contributed by atoms with Crippen molar-refractivity contribution in [3.8, 4) is 5.75 Å². The molecular formula is C21H27NO2. The van der Waals surface area contributed by atoms with E-state index >= 15 is 0 Å². The molecular weight excluding hydrogens is 298 g/mol. The van der Waals surface area contributed by atoms with Crippen LogP contribution >= 0.6 is 0 Å². The predicted octanol–water partition coefficient (Wildman–Crippen LogP) is 4.42. The van der Waals surface area contributed by atoms with Crippen molar-refractivity contribution in [1.29, 1.82) is 0 Å². The maximum absolute atomic E-state index is 12.3. The number of unbranched alkanes of at least 4 members (excludes halogenated alkanes) is 3. The summed E-state index contributed by atoms with van der Waals surface area (Å²) < 4.78 is 5.75. The lowest BCUT2D eigenvalue weighted by Crippen LogP contribution is -2.12. The molecule has 0 spiro atoms. The Kier molecular flexibility index (Phi) is 7.50. The lowest BCUT2D eigenvalue weighted by molar-refractivity contribution is 0.103. The molecule has 3 heteroatoms. The average Bonchev–Trinajstić information content (AvgIpc) is 2.61. The van der Waals surface area contributed by atoms with Crippen LogP contribution in [0.15, 0.2) is 54.6 Å². The van der Waals surface area contributed by atoms with E-state index in [2.05, 4.69) is 19.0 Å². The Morgan fingerprint density at radius 3 is 2.12 bits per heavy atom. The molecule has 24 heavy (non-hydrogen) atoms. The molecule has 0 aromatic heterocycles. The van der Waals surface area contributed by atoms with E-state index in [4.69, 9.17) is 4.74 Å². The van der Waals surface area contributed by atoms with E-state index < -0.39 is 0 Å². The second-order valence-electron chi connectivity index (χ2n) is 6.29. The van der Waals surface area contributed by atoms with Gasteiger partial charge in [0.2, 0.25) is 0 Å².